The molecule has 96 valence electrons. The van der Waals surface area contributed by atoms with Crippen LogP contribution in [0.3, 0.4) is 0 Å². The molecule has 4 nitrogen and oxygen atoms in total. The van der Waals surface area contributed by atoms with E-state index in [1.807, 2.05) is 4.90 Å². The van der Waals surface area contributed by atoms with Gasteiger partial charge in [-0.05, 0) is 25.2 Å². The summed E-state index contributed by atoms with van der Waals surface area (Å²) in [6, 6.07) is 0. The molecule has 17 heavy (non-hydrogen) atoms. The molecule has 3 fully saturated rings. The molecular formula is C13H21NO3. The average Bonchev–Trinajstić information content (AvgIpc) is 2.72. The Morgan fingerprint density at radius 3 is 2.76 bits per heavy atom. The van der Waals surface area contributed by atoms with Crippen LogP contribution in [0.5, 0.6) is 0 Å². The quantitative estimate of drug-likeness (QED) is 0.686. The van der Waals surface area contributed by atoms with Crippen molar-refractivity contribution >= 4 is 5.91 Å². The van der Waals surface area contributed by atoms with Gasteiger partial charge in [0, 0.05) is 31.7 Å². The lowest BCUT2D eigenvalue weighted by atomic mass is 9.75. The summed E-state index contributed by atoms with van der Waals surface area (Å²) in [7, 11) is 0. The predicted molar refractivity (Wildman–Crippen MR) is 62.6 cm³/mol. The summed E-state index contributed by atoms with van der Waals surface area (Å²) in [6.07, 6.45) is 3.17. The van der Waals surface area contributed by atoms with Gasteiger partial charge in [0.25, 0.3) is 5.91 Å². The van der Waals surface area contributed by atoms with E-state index in [0.29, 0.717) is 5.92 Å². The Morgan fingerprint density at radius 2 is 2.18 bits per heavy atom. The van der Waals surface area contributed by atoms with Crippen LogP contribution in [0.15, 0.2) is 0 Å². The largest absolute Gasteiger partial charge is 0.381 e. The van der Waals surface area contributed by atoms with Crippen molar-refractivity contribution in [3.63, 3.8) is 0 Å². The van der Waals surface area contributed by atoms with E-state index < -0.39 is 0 Å². The minimum Gasteiger partial charge on any atom is -0.381 e. The molecule has 3 rings (SSSR count). The number of carbonyl (C=O) groups is 1. The van der Waals surface area contributed by atoms with Gasteiger partial charge in [0.1, 0.15) is 6.10 Å². The first-order valence-corrected chi connectivity index (χ1v) is 6.68. The van der Waals surface area contributed by atoms with E-state index in [0.717, 1.165) is 45.8 Å². The minimum atomic E-state index is -0.183. The van der Waals surface area contributed by atoms with Crippen LogP contribution < -0.4 is 0 Å². The maximum absolute atomic E-state index is 12.2. The van der Waals surface area contributed by atoms with Crippen LogP contribution in [0, 0.1) is 11.3 Å². The zero-order valence-corrected chi connectivity index (χ0v) is 10.5. The zero-order valence-electron chi connectivity index (χ0n) is 10.5. The summed E-state index contributed by atoms with van der Waals surface area (Å²) in [4.78, 5) is 14.2. The monoisotopic (exact) mass is 239 g/mol. The van der Waals surface area contributed by atoms with Gasteiger partial charge in [-0.25, -0.2) is 0 Å². The SMILES string of the molecule is C[C@@H]1CCO[C@@H]1C(=O)N1CC2(CCCOC2)C1. The summed E-state index contributed by atoms with van der Waals surface area (Å²) in [6.45, 7) is 6.31. The molecule has 3 aliphatic rings. The first-order valence-electron chi connectivity index (χ1n) is 6.68. The molecule has 0 aliphatic carbocycles. The number of rotatable bonds is 1. The standard InChI is InChI=1S/C13H21NO3/c1-10-3-6-17-11(10)12(15)14-7-13(8-14)4-2-5-16-9-13/h10-11H,2-9H2,1H3/t10-,11+/m1/s1. The van der Waals surface area contributed by atoms with Crippen molar-refractivity contribution in [2.45, 2.75) is 32.3 Å². The molecular weight excluding hydrogens is 218 g/mol. The topological polar surface area (TPSA) is 38.8 Å². The number of carbonyl (C=O) groups excluding carboxylic acids is 1. The number of ether oxygens (including phenoxy) is 2. The highest BCUT2D eigenvalue weighted by atomic mass is 16.5. The second kappa shape index (κ2) is 4.25. The molecule has 0 N–H and O–H groups in total. The van der Waals surface area contributed by atoms with Crippen molar-refractivity contribution in [1.29, 1.82) is 0 Å². The molecule has 4 heteroatoms. The molecule has 1 amide bonds. The normalized spacial score (nSPS) is 35.9. The third kappa shape index (κ3) is 1.97. The number of likely N-dealkylation sites (tertiary alicyclic amines) is 1. The third-order valence-corrected chi connectivity index (χ3v) is 4.40. The molecule has 0 saturated carbocycles. The van der Waals surface area contributed by atoms with E-state index in [-0.39, 0.29) is 17.4 Å². The van der Waals surface area contributed by atoms with Gasteiger partial charge in [0.2, 0.25) is 0 Å². The molecule has 3 saturated heterocycles. The van der Waals surface area contributed by atoms with Gasteiger partial charge in [0.15, 0.2) is 0 Å². The molecule has 0 radical (unpaired) electrons. The number of hydrogen-bond acceptors (Lipinski definition) is 3. The van der Waals surface area contributed by atoms with E-state index in [1.165, 1.54) is 6.42 Å². The molecule has 1 spiro atoms. The van der Waals surface area contributed by atoms with Crippen molar-refractivity contribution < 1.29 is 14.3 Å². The fourth-order valence-corrected chi connectivity index (χ4v) is 3.27. The Bertz CT molecular complexity index is 304. The van der Waals surface area contributed by atoms with Crippen LogP contribution in [0.4, 0.5) is 0 Å². The summed E-state index contributed by atoms with van der Waals surface area (Å²) >= 11 is 0. The van der Waals surface area contributed by atoms with Crippen molar-refractivity contribution in [2.75, 3.05) is 32.9 Å². The second-order valence-corrected chi connectivity index (χ2v) is 5.91. The molecule has 0 aromatic heterocycles. The van der Waals surface area contributed by atoms with Crippen molar-refractivity contribution in [3.05, 3.63) is 0 Å². The number of nitrogens with zero attached hydrogens (tertiary/aromatic N) is 1. The van der Waals surface area contributed by atoms with Crippen LogP contribution in [0.2, 0.25) is 0 Å². The van der Waals surface area contributed by atoms with Gasteiger partial charge < -0.3 is 14.4 Å². The first-order chi connectivity index (χ1) is 8.20. The van der Waals surface area contributed by atoms with E-state index in [1.54, 1.807) is 0 Å². The Hall–Kier alpha value is -0.610. The van der Waals surface area contributed by atoms with Crippen molar-refractivity contribution in [3.8, 4) is 0 Å². The smallest absolute Gasteiger partial charge is 0.252 e. The summed E-state index contributed by atoms with van der Waals surface area (Å²) < 4.78 is 11.1. The van der Waals surface area contributed by atoms with Crippen LogP contribution in [-0.4, -0.2) is 49.8 Å². The molecule has 0 unspecified atom stereocenters. The van der Waals surface area contributed by atoms with Crippen molar-refractivity contribution in [2.24, 2.45) is 11.3 Å². The Labute approximate surface area is 102 Å². The van der Waals surface area contributed by atoms with Gasteiger partial charge in [-0.3, -0.25) is 4.79 Å². The fraction of sp³-hybridized carbons (Fsp3) is 0.923. The van der Waals surface area contributed by atoms with Gasteiger partial charge in [0.05, 0.1) is 6.61 Å². The van der Waals surface area contributed by atoms with Crippen molar-refractivity contribution in [1.82, 2.24) is 4.90 Å². The van der Waals surface area contributed by atoms with E-state index in [2.05, 4.69) is 6.92 Å². The van der Waals surface area contributed by atoms with Crippen LogP contribution >= 0.6 is 0 Å². The third-order valence-electron chi connectivity index (χ3n) is 4.40. The van der Waals surface area contributed by atoms with Gasteiger partial charge in [-0.1, -0.05) is 6.92 Å². The van der Waals surface area contributed by atoms with Crippen LogP contribution in [0.1, 0.15) is 26.2 Å². The Morgan fingerprint density at radius 1 is 1.35 bits per heavy atom. The van der Waals surface area contributed by atoms with E-state index >= 15 is 0 Å². The van der Waals surface area contributed by atoms with E-state index in [4.69, 9.17) is 9.47 Å². The summed E-state index contributed by atoms with van der Waals surface area (Å²) in [5, 5.41) is 0. The molecule has 0 aromatic rings. The number of amides is 1. The average molecular weight is 239 g/mol. The highest BCUT2D eigenvalue weighted by Crippen LogP contribution is 2.39. The minimum absolute atomic E-state index is 0.183. The van der Waals surface area contributed by atoms with Gasteiger partial charge in [-0.2, -0.15) is 0 Å². The number of hydrogen-bond donors (Lipinski definition) is 0. The van der Waals surface area contributed by atoms with E-state index in [9.17, 15) is 4.79 Å². The highest BCUT2D eigenvalue weighted by Gasteiger charge is 2.48. The lowest BCUT2D eigenvalue weighted by Gasteiger charge is -2.52. The summed E-state index contributed by atoms with van der Waals surface area (Å²) in [5.74, 6) is 0.577. The first kappa shape index (κ1) is 11.5. The summed E-state index contributed by atoms with van der Waals surface area (Å²) in [5.41, 5.74) is 0.274. The van der Waals surface area contributed by atoms with Crippen LogP contribution in [-0.2, 0) is 14.3 Å². The zero-order chi connectivity index (χ0) is 11.9. The molecule has 0 bridgehead atoms. The lowest BCUT2D eigenvalue weighted by molar-refractivity contribution is -0.164. The maximum Gasteiger partial charge on any atom is 0.252 e. The van der Waals surface area contributed by atoms with Gasteiger partial charge in [-0.15, -0.1) is 0 Å². The Balaban J connectivity index is 1.56. The lowest BCUT2D eigenvalue weighted by Crippen LogP contribution is -2.63. The van der Waals surface area contributed by atoms with Gasteiger partial charge >= 0.3 is 0 Å². The Kier molecular flexibility index (Phi) is 2.87. The maximum atomic E-state index is 12.2. The molecule has 3 heterocycles. The predicted octanol–water partition coefficient (Wildman–Crippen LogP) is 1.05. The molecule has 3 aliphatic heterocycles. The highest BCUT2D eigenvalue weighted by molar-refractivity contribution is 5.82. The second-order valence-electron chi connectivity index (χ2n) is 5.91. The molecule has 0 aromatic carbocycles. The van der Waals surface area contributed by atoms with Crippen LogP contribution in [0.25, 0.3) is 0 Å². The fourth-order valence-electron chi connectivity index (χ4n) is 3.27. The molecule has 2 atom stereocenters.